The minimum atomic E-state index is -1.71. The third-order valence-corrected chi connectivity index (χ3v) is 11.7. The van der Waals surface area contributed by atoms with Gasteiger partial charge < -0.3 is 20.2 Å². The number of hydrogen-bond acceptors (Lipinski definition) is 4. The summed E-state index contributed by atoms with van der Waals surface area (Å²) in [7, 11) is 0.00169. The predicted molar refractivity (Wildman–Crippen MR) is 135 cm³/mol. The topological polar surface area (TPSA) is 102 Å². The van der Waals surface area contributed by atoms with Gasteiger partial charge >= 0.3 is 6.03 Å². The molecule has 1 atom stereocenters. The Bertz CT molecular complexity index is 1070. The molecule has 9 heteroatoms. The molecular weight excluding hydrogens is 446 g/mol. The van der Waals surface area contributed by atoms with Gasteiger partial charge in [-0.2, -0.15) is 5.10 Å². The van der Waals surface area contributed by atoms with Crippen LogP contribution < -0.4 is 5.32 Å². The first-order valence-corrected chi connectivity index (χ1v) is 15.5. The Morgan fingerprint density at radius 3 is 2.41 bits per heavy atom. The van der Waals surface area contributed by atoms with E-state index in [0.717, 1.165) is 36.1 Å². The van der Waals surface area contributed by atoms with Crippen LogP contribution in [0.15, 0.2) is 30.3 Å². The number of carbonyl (C=O) groups excluding carboxylic acids is 2. The fraction of sp³-hybridized carbons (Fsp3) is 0.560. The van der Waals surface area contributed by atoms with E-state index in [1.54, 1.807) is 16.8 Å². The van der Waals surface area contributed by atoms with Gasteiger partial charge in [0.05, 0.1) is 38.5 Å². The summed E-state index contributed by atoms with van der Waals surface area (Å²) in [5, 5.41) is 20.4. The molecule has 1 aliphatic heterocycles. The molecule has 1 aliphatic carbocycles. The summed E-state index contributed by atoms with van der Waals surface area (Å²) in [5.74, 6) is 0.591. The number of aromatic amines is 1. The Kier molecular flexibility index (Phi) is 6.14. The molecule has 0 radical (unpaired) electrons. The highest BCUT2D eigenvalue weighted by atomic mass is 28.3. The second-order valence-electron chi connectivity index (χ2n) is 11.2. The first kappa shape index (κ1) is 24.5. The summed E-state index contributed by atoms with van der Waals surface area (Å²) in [6, 6.07) is 8.90. The molecule has 1 aromatic carbocycles. The molecule has 34 heavy (non-hydrogen) atoms. The van der Waals surface area contributed by atoms with Gasteiger partial charge in [0.15, 0.2) is 5.82 Å². The van der Waals surface area contributed by atoms with Crippen LogP contribution in [0.2, 0.25) is 24.7 Å². The lowest BCUT2D eigenvalue weighted by molar-refractivity contribution is -0.121. The van der Waals surface area contributed by atoms with Crippen molar-refractivity contribution in [1.29, 1.82) is 0 Å². The van der Waals surface area contributed by atoms with Crippen LogP contribution in [0, 0.1) is 0 Å². The molecule has 0 unspecified atom stereocenters. The smallest absolute Gasteiger partial charge is 0.321 e. The van der Waals surface area contributed by atoms with E-state index < -0.39 is 19.7 Å². The zero-order chi connectivity index (χ0) is 24.9. The standard InChI is InChI=1S/C25H37N5O3Si/c1-24(2)20-18(21(28-27-20)26-22(32)25(13-10-14-25)34(4,5)6)15-30(24)23(33)29(3)19(16-31)17-11-8-7-9-12-17/h7-9,11-12,19,31H,10,13-16H2,1-6H3,(H2,26,27,28,32)/t19-/m1/s1. The monoisotopic (exact) mass is 483 g/mol. The third kappa shape index (κ3) is 3.75. The van der Waals surface area contributed by atoms with Gasteiger partial charge in [-0.1, -0.05) is 56.4 Å². The average Bonchev–Trinajstić information content (AvgIpc) is 3.25. The number of urea groups is 1. The number of H-pyrrole nitrogens is 1. The number of aliphatic hydroxyl groups is 1. The number of likely N-dealkylation sites (N-methyl/N-ethyl adjacent to an activating group) is 1. The molecule has 1 aromatic heterocycles. The number of hydrogen-bond donors (Lipinski definition) is 3. The largest absolute Gasteiger partial charge is 0.394 e. The lowest BCUT2D eigenvalue weighted by Gasteiger charge is -2.48. The lowest BCUT2D eigenvalue weighted by Crippen LogP contribution is -2.52. The summed E-state index contributed by atoms with van der Waals surface area (Å²) in [6.45, 7) is 10.9. The lowest BCUT2D eigenvalue weighted by atomic mass is 9.83. The minimum Gasteiger partial charge on any atom is -0.394 e. The summed E-state index contributed by atoms with van der Waals surface area (Å²) in [4.78, 5) is 30.3. The molecule has 0 saturated heterocycles. The maximum Gasteiger partial charge on any atom is 0.321 e. The SMILES string of the molecule is CN(C(=O)N1Cc2c(NC(=O)C3([Si](C)(C)C)CCC3)n[nH]c2C1(C)C)[C@H](CO)c1ccccc1. The van der Waals surface area contributed by atoms with Crippen molar-refractivity contribution in [2.75, 3.05) is 19.0 Å². The fourth-order valence-corrected chi connectivity index (χ4v) is 8.05. The van der Waals surface area contributed by atoms with Crippen molar-refractivity contribution < 1.29 is 14.7 Å². The van der Waals surface area contributed by atoms with Crippen molar-refractivity contribution in [3.63, 3.8) is 0 Å². The molecule has 4 rings (SSSR count). The molecular formula is C25H37N5O3Si. The molecule has 2 heterocycles. The van der Waals surface area contributed by atoms with Crippen molar-refractivity contribution in [3.05, 3.63) is 47.2 Å². The zero-order valence-electron chi connectivity index (χ0n) is 21.1. The molecule has 3 amide bonds. The van der Waals surface area contributed by atoms with Gasteiger partial charge in [0.25, 0.3) is 0 Å². The Balaban J connectivity index is 1.56. The van der Waals surface area contributed by atoms with Crippen molar-refractivity contribution >= 4 is 25.8 Å². The quantitative estimate of drug-likeness (QED) is 0.529. The van der Waals surface area contributed by atoms with Crippen LogP contribution in [0.4, 0.5) is 10.6 Å². The van der Waals surface area contributed by atoms with E-state index >= 15 is 0 Å². The Hall–Kier alpha value is -2.65. The summed E-state index contributed by atoms with van der Waals surface area (Å²) < 4.78 is 0. The van der Waals surface area contributed by atoms with Crippen LogP contribution in [0.25, 0.3) is 0 Å². The second kappa shape index (κ2) is 8.53. The summed E-state index contributed by atoms with van der Waals surface area (Å²) in [5.41, 5.74) is 1.93. The number of nitrogens with one attached hydrogen (secondary N) is 2. The third-order valence-electron chi connectivity index (χ3n) is 8.14. The van der Waals surface area contributed by atoms with Crippen LogP contribution in [0.3, 0.4) is 0 Å². The van der Waals surface area contributed by atoms with Gasteiger partial charge in [-0.05, 0) is 32.3 Å². The predicted octanol–water partition coefficient (Wildman–Crippen LogP) is 4.45. The van der Waals surface area contributed by atoms with E-state index in [2.05, 4.69) is 35.2 Å². The maximum absolute atomic E-state index is 13.6. The van der Waals surface area contributed by atoms with Crippen LogP contribution in [-0.2, 0) is 16.9 Å². The normalized spacial score (nSPS) is 19.2. The first-order chi connectivity index (χ1) is 15.9. The molecule has 1 fully saturated rings. The molecule has 8 nitrogen and oxygen atoms in total. The molecule has 2 aliphatic rings. The zero-order valence-corrected chi connectivity index (χ0v) is 22.1. The number of amides is 3. The highest BCUT2D eigenvalue weighted by molar-refractivity contribution is 6.83. The molecule has 0 spiro atoms. The number of benzene rings is 1. The molecule has 2 aromatic rings. The van der Waals surface area contributed by atoms with E-state index in [9.17, 15) is 14.7 Å². The van der Waals surface area contributed by atoms with Crippen molar-refractivity contribution in [3.8, 4) is 0 Å². The van der Waals surface area contributed by atoms with Crippen LogP contribution >= 0.6 is 0 Å². The highest BCUT2D eigenvalue weighted by Crippen LogP contribution is 2.56. The molecule has 184 valence electrons. The van der Waals surface area contributed by atoms with Crippen LogP contribution in [0.1, 0.15) is 56.0 Å². The van der Waals surface area contributed by atoms with Gasteiger partial charge in [-0.25, -0.2) is 4.79 Å². The van der Waals surface area contributed by atoms with Gasteiger partial charge in [0, 0.05) is 17.6 Å². The maximum atomic E-state index is 13.6. The Labute approximate surface area is 202 Å². The van der Waals surface area contributed by atoms with Gasteiger partial charge in [0.1, 0.15) is 0 Å². The number of rotatable bonds is 6. The minimum absolute atomic E-state index is 0.0661. The van der Waals surface area contributed by atoms with Gasteiger partial charge in [0.2, 0.25) is 5.91 Å². The Morgan fingerprint density at radius 2 is 1.88 bits per heavy atom. The number of fused-ring (bicyclic) bond motifs is 1. The van der Waals surface area contributed by atoms with Crippen molar-refractivity contribution in [2.24, 2.45) is 0 Å². The molecule has 1 saturated carbocycles. The fourth-order valence-electron chi connectivity index (χ4n) is 5.45. The van der Waals surface area contributed by atoms with Gasteiger partial charge in [-0.3, -0.25) is 9.89 Å². The molecule has 3 N–H and O–H groups in total. The van der Waals surface area contributed by atoms with Crippen molar-refractivity contribution in [1.82, 2.24) is 20.0 Å². The van der Waals surface area contributed by atoms with E-state index in [4.69, 9.17) is 0 Å². The average molecular weight is 484 g/mol. The van der Waals surface area contributed by atoms with E-state index in [1.807, 2.05) is 44.2 Å². The van der Waals surface area contributed by atoms with E-state index in [0.29, 0.717) is 12.4 Å². The number of aromatic nitrogens is 2. The summed E-state index contributed by atoms with van der Waals surface area (Å²) >= 11 is 0. The number of carbonyl (C=O) groups is 2. The first-order valence-electron chi connectivity index (χ1n) is 12.0. The van der Waals surface area contributed by atoms with Crippen LogP contribution in [0.5, 0.6) is 0 Å². The number of anilines is 1. The summed E-state index contributed by atoms with van der Waals surface area (Å²) in [6.07, 6.45) is 2.96. The Morgan fingerprint density at radius 1 is 1.24 bits per heavy atom. The van der Waals surface area contributed by atoms with Gasteiger partial charge in [-0.15, -0.1) is 0 Å². The van der Waals surface area contributed by atoms with E-state index in [-0.39, 0.29) is 23.6 Å². The number of aliphatic hydroxyl groups excluding tert-OH is 1. The highest BCUT2D eigenvalue weighted by Gasteiger charge is 2.54. The van der Waals surface area contributed by atoms with E-state index in [1.165, 1.54) is 0 Å². The second-order valence-corrected chi connectivity index (χ2v) is 16.7. The molecule has 0 bridgehead atoms. The van der Waals surface area contributed by atoms with Crippen LogP contribution in [-0.4, -0.2) is 58.8 Å². The number of nitrogens with zero attached hydrogens (tertiary/aromatic N) is 3. The van der Waals surface area contributed by atoms with Crippen molar-refractivity contribution in [2.45, 2.75) is 75.9 Å².